The van der Waals surface area contributed by atoms with Gasteiger partial charge in [-0.25, -0.2) is 14.8 Å². The Morgan fingerprint density at radius 1 is 0.911 bits per heavy atom. The van der Waals surface area contributed by atoms with E-state index in [1.165, 1.54) is 4.57 Å². The SMILES string of the molecule is CC[C@H]1CN(c2nc3c(nc2Cl)[nH]c(=O)n3Cc2ccc(Cl)cc2C#N)CCN1C1CCN(Cc2ccc(Cl)cc2C#N)CC1. The number of imidazole rings is 1. The predicted molar refractivity (Wildman–Crippen MR) is 176 cm³/mol. The summed E-state index contributed by atoms with van der Waals surface area (Å²) in [5.41, 5.74) is 3.03. The summed E-state index contributed by atoms with van der Waals surface area (Å²) in [6.07, 6.45) is 3.09. The van der Waals surface area contributed by atoms with E-state index in [2.05, 4.69) is 43.7 Å². The highest BCUT2D eigenvalue weighted by Gasteiger charge is 2.34. The van der Waals surface area contributed by atoms with E-state index in [-0.39, 0.29) is 17.4 Å². The molecule has 0 bridgehead atoms. The Bertz CT molecular complexity index is 1870. The lowest BCUT2D eigenvalue weighted by Crippen LogP contribution is -2.58. The van der Waals surface area contributed by atoms with E-state index in [1.807, 2.05) is 12.1 Å². The van der Waals surface area contributed by atoms with Gasteiger partial charge in [0, 0.05) is 48.3 Å². The number of hydrogen-bond acceptors (Lipinski definition) is 8. The Balaban J connectivity index is 1.15. The first-order chi connectivity index (χ1) is 21.8. The third-order valence-electron chi connectivity index (χ3n) is 8.98. The van der Waals surface area contributed by atoms with E-state index in [4.69, 9.17) is 39.8 Å². The molecule has 0 unspecified atom stereocenters. The van der Waals surface area contributed by atoms with Gasteiger partial charge in [-0.3, -0.25) is 19.4 Å². The topological polar surface area (TPSA) is 121 Å². The van der Waals surface area contributed by atoms with Crippen molar-refractivity contribution in [2.24, 2.45) is 0 Å². The zero-order valence-corrected chi connectivity index (χ0v) is 27.1. The van der Waals surface area contributed by atoms with Crippen LogP contribution in [0.25, 0.3) is 11.3 Å². The molecule has 2 saturated heterocycles. The molecule has 2 aliphatic rings. The normalized spacial score (nSPS) is 18.3. The van der Waals surface area contributed by atoms with E-state index in [9.17, 15) is 15.3 Å². The molecule has 45 heavy (non-hydrogen) atoms. The second kappa shape index (κ2) is 13.4. The van der Waals surface area contributed by atoms with Crippen LogP contribution >= 0.6 is 34.8 Å². The Morgan fingerprint density at radius 3 is 2.18 bits per heavy atom. The van der Waals surface area contributed by atoms with Crippen molar-refractivity contribution in [1.82, 2.24) is 29.3 Å². The number of rotatable bonds is 7. The van der Waals surface area contributed by atoms with Crippen molar-refractivity contribution in [1.29, 1.82) is 10.5 Å². The van der Waals surface area contributed by atoms with Crippen molar-refractivity contribution in [2.45, 2.75) is 51.4 Å². The molecule has 2 aliphatic heterocycles. The van der Waals surface area contributed by atoms with Crippen molar-refractivity contribution in [2.75, 3.05) is 37.6 Å². The summed E-state index contributed by atoms with van der Waals surface area (Å²) in [7, 11) is 0. The Hall–Kier alpha value is -3.64. The van der Waals surface area contributed by atoms with Crippen LogP contribution in [0.2, 0.25) is 15.2 Å². The van der Waals surface area contributed by atoms with Gasteiger partial charge in [-0.05, 0) is 67.7 Å². The summed E-state index contributed by atoms with van der Waals surface area (Å²) in [6, 6.07) is 15.8. The second-order valence-electron chi connectivity index (χ2n) is 11.6. The number of H-pyrrole nitrogens is 1. The van der Waals surface area contributed by atoms with Gasteiger partial charge in [0.05, 0.1) is 29.8 Å². The van der Waals surface area contributed by atoms with Crippen LogP contribution in [0.4, 0.5) is 5.82 Å². The molecule has 2 aromatic carbocycles. The van der Waals surface area contributed by atoms with E-state index in [1.54, 1.807) is 24.3 Å². The third-order valence-corrected chi connectivity index (χ3v) is 9.70. The molecular formula is C32H32Cl3N9O. The van der Waals surface area contributed by atoms with Crippen LogP contribution < -0.4 is 10.6 Å². The minimum atomic E-state index is -0.375. The van der Waals surface area contributed by atoms with Gasteiger partial charge in [0.2, 0.25) is 0 Å². The molecule has 0 radical (unpaired) electrons. The van der Waals surface area contributed by atoms with Crippen LogP contribution in [-0.2, 0) is 13.1 Å². The number of nitriles is 2. The number of fused-ring (bicyclic) bond motifs is 1. The zero-order valence-electron chi connectivity index (χ0n) is 24.8. The lowest BCUT2D eigenvalue weighted by atomic mass is 9.97. The Morgan fingerprint density at radius 2 is 1.56 bits per heavy atom. The van der Waals surface area contributed by atoms with E-state index < -0.39 is 0 Å². The van der Waals surface area contributed by atoms with Crippen LogP contribution in [0.15, 0.2) is 41.2 Å². The van der Waals surface area contributed by atoms with Gasteiger partial charge in [0.25, 0.3) is 0 Å². The highest BCUT2D eigenvalue weighted by molar-refractivity contribution is 6.32. The van der Waals surface area contributed by atoms with Gasteiger partial charge in [-0.15, -0.1) is 0 Å². The van der Waals surface area contributed by atoms with E-state index >= 15 is 0 Å². The molecule has 0 saturated carbocycles. The number of benzene rings is 2. The number of aromatic nitrogens is 4. The quantitative estimate of drug-likeness (QED) is 0.278. The minimum absolute atomic E-state index is 0.147. The molecule has 1 N–H and O–H groups in total. The fourth-order valence-electron chi connectivity index (χ4n) is 6.59. The smallest absolute Gasteiger partial charge is 0.329 e. The zero-order chi connectivity index (χ0) is 31.7. The first-order valence-corrected chi connectivity index (χ1v) is 16.2. The Labute approximate surface area is 276 Å². The molecular weight excluding hydrogens is 633 g/mol. The van der Waals surface area contributed by atoms with Crippen LogP contribution in [0.5, 0.6) is 0 Å². The van der Waals surface area contributed by atoms with Crippen LogP contribution in [0.3, 0.4) is 0 Å². The fourth-order valence-corrected chi connectivity index (χ4v) is 7.18. The van der Waals surface area contributed by atoms with Gasteiger partial charge in [0.15, 0.2) is 22.3 Å². The summed E-state index contributed by atoms with van der Waals surface area (Å²) in [5, 5.41) is 20.4. The molecule has 6 rings (SSSR count). The molecule has 10 nitrogen and oxygen atoms in total. The molecule has 1 atom stereocenters. The summed E-state index contributed by atoms with van der Waals surface area (Å²) < 4.78 is 1.48. The van der Waals surface area contributed by atoms with Crippen molar-refractivity contribution in [3.8, 4) is 12.1 Å². The highest BCUT2D eigenvalue weighted by atomic mass is 35.5. The summed E-state index contributed by atoms with van der Waals surface area (Å²) in [5.74, 6) is 0.553. The Kier molecular flexibility index (Phi) is 9.32. The van der Waals surface area contributed by atoms with Crippen molar-refractivity contribution in [3.63, 3.8) is 0 Å². The van der Waals surface area contributed by atoms with Crippen LogP contribution in [-0.4, -0.2) is 74.1 Å². The number of halogens is 3. The summed E-state index contributed by atoms with van der Waals surface area (Å²) in [4.78, 5) is 32.3. The van der Waals surface area contributed by atoms with Crippen LogP contribution in [0.1, 0.15) is 48.4 Å². The number of nitrogens with zero attached hydrogens (tertiary/aromatic N) is 8. The molecule has 0 amide bonds. The largest absolute Gasteiger partial charge is 0.351 e. The van der Waals surface area contributed by atoms with Crippen molar-refractivity contribution < 1.29 is 0 Å². The van der Waals surface area contributed by atoms with Crippen molar-refractivity contribution in [3.05, 3.63) is 84.3 Å². The fraction of sp³-hybridized carbons (Fsp3) is 0.406. The van der Waals surface area contributed by atoms with Gasteiger partial charge in [0.1, 0.15) is 0 Å². The summed E-state index contributed by atoms with van der Waals surface area (Å²) >= 11 is 18.8. The second-order valence-corrected chi connectivity index (χ2v) is 12.8. The van der Waals surface area contributed by atoms with Gasteiger partial charge in [-0.1, -0.05) is 53.9 Å². The highest BCUT2D eigenvalue weighted by Crippen LogP contribution is 2.30. The minimum Gasteiger partial charge on any atom is -0.351 e. The first-order valence-electron chi connectivity index (χ1n) is 15.0. The van der Waals surface area contributed by atoms with Crippen LogP contribution in [0, 0.1) is 22.7 Å². The number of piperazine rings is 1. The maximum Gasteiger partial charge on any atom is 0.329 e. The third kappa shape index (κ3) is 6.53. The van der Waals surface area contributed by atoms with Gasteiger partial charge >= 0.3 is 5.69 Å². The molecule has 4 heterocycles. The summed E-state index contributed by atoms with van der Waals surface area (Å²) in [6.45, 7) is 7.38. The average Bonchev–Trinajstić information content (AvgIpc) is 3.35. The first kappa shape index (κ1) is 31.3. The van der Waals surface area contributed by atoms with E-state index in [0.717, 1.165) is 64.1 Å². The number of aromatic amines is 1. The maximum absolute atomic E-state index is 12.9. The number of hydrogen-bond donors (Lipinski definition) is 1. The number of nitrogens with one attached hydrogen (secondary N) is 1. The predicted octanol–water partition coefficient (Wildman–Crippen LogP) is 5.44. The number of piperidine rings is 1. The molecule has 0 spiro atoms. The van der Waals surface area contributed by atoms with Crippen molar-refractivity contribution >= 4 is 51.9 Å². The maximum atomic E-state index is 12.9. The molecule has 13 heteroatoms. The standard InChI is InChI=1S/C32H32Cl3N9O/c1-2-26-19-42(11-12-43(26)27-7-9-41(10-8-27)17-20-3-5-24(33)13-22(20)15-36)30-28(35)38-29-31(40-30)44(32(45)39-29)18-21-4-6-25(34)14-23(21)16-37/h3-6,13-14,26-27H,2,7-12,17-19H2,1H3,(H,38,39,45)/t26-/m0/s1. The number of anilines is 1. The molecule has 4 aromatic rings. The monoisotopic (exact) mass is 663 g/mol. The molecule has 232 valence electrons. The van der Waals surface area contributed by atoms with Gasteiger partial charge < -0.3 is 4.90 Å². The van der Waals surface area contributed by atoms with E-state index in [0.29, 0.717) is 55.9 Å². The lowest BCUT2D eigenvalue weighted by molar-refractivity contribution is 0.0610. The molecule has 0 aliphatic carbocycles. The average molecular weight is 665 g/mol. The molecule has 2 fully saturated rings. The van der Waals surface area contributed by atoms with Gasteiger partial charge in [-0.2, -0.15) is 10.5 Å². The lowest BCUT2D eigenvalue weighted by Gasteiger charge is -2.47. The number of likely N-dealkylation sites (tertiary alicyclic amines) is 1. The molecule has 2 aromatic heterocycles.